The zero-order valence-corrected chi connectivity index (χ0v) is 29.4. The van der Waals surface area contributed by atoms with Gasteiger partial charge in [-0.1, -0.05) is 71.4 Å². The molecule has 0 amide bonds. The van der Waals surface area contributed by atoms with Crippen LogP contribution in [-0.4, -0.2) is 49.5 Å². The van der Waals surface area contributed by atoms with Crippen molar-refractivity contribution in [2.45, 2.75) is 117 Å². The van der Waals surface area contributed by atoms with Crippen LogP contribution in [0.15, 0.2) is 30.3 Å². The molecule has 0 radical (unpaired) electrons. The van der Waals surface area contributed by atoms with Crippen molar-refractivity contribution in [3.63, 3.8) is 0 Å². The summed E-state index contributed by atoms with van der Waals surface area (Å²) < 4.78 is 61.7. The first kappa shape index (κ1) is 36.5. The Morgan fingerprint density at radius 2 is 1.48 bits per heavy atom. The lowest BCUT2D eigenvalue weighted by Gasteiger charge is -2.71. The van der Waals surface area contributed by atoms with Crippen molar-refractivity contribution < 1.29 is 46.6 Å². The Labute approximate surface area is 282 Å². The average Bonchev–Trinajstić information content (AvgIpc) is 2.98. The highest BCUT2D eigenvalue weighted by Gasteiger charge is 2.72. The predicted octanol–water partition coefficient (Wildman–Crippen LogP) is 7.63. The molecular formula is C38H51F3O7. The molecule has 0 bridgehead atoms. The molecular weight excluding hydrogens is 625 g/mol. The van der Waals surface area contributed by atoms with Gasteiger partial charge in [0.05, 0.1) is 5.92 Å². The van der Waals surface area contributed by atoms with Crippen LogP contribution in [0, 0.1) is 51.2 Å². The highest BCUT2D eigenvalue weighted by molar-refractivity contribution is 5.86. The van der Waals surface area contributed by atoms with E-state index in [0.29, 0.717) is 18.6 Å². The molecule has 4 saturated carbocycles. The highest BCUT2D eigenvalue weighted by Crippen LogP contribution is 2.74. The molecule has 0 saturated heterocycles. The number of aldehydes is 1. The molecule has 0 N–H and O–H groups in total. The van der Waals surface area contributed by atoms with Gasteiger partial charge in [-0.05, 0) is 79.4 Å². The summed E-state index contributed by atoms with van der Waals surface area (Å²) in [4.78, 5) is 53.3. The molecule has 4 fully saturated rings. The summed E-state index contributed by atoms with van der Waals surface area (Å²) in [7, 11) is 0.803. The fraction of sp³-hybridized carbons (Fsp3) is 0.737. The second kappa shape index (κ2) is 12.2. The van der Waals surface area contributed by atoms with Crippen LogP contribution in [0.1, 0.15) is 99.0 Å². The molecule has 0 heterocycles. The molecule has 7 nitrogen and oxygen atoms in total. The molecule has 0 unspecified atom stereocenters. The number of ether oxygens (including phenoxy) is 3. The first-order valence-electron chi connectivity index (χ1n) is 17.3. The first-order valence-corrected chi connectivity index (χ1v) is 17.3. The van der Waals surface area contributed by atoms with E-state index in [1.807, 2.05) is 6.92 Å². The largest absolute Gasteiger partial charge is 0.462 e. The van der Waals surface area contributed by atoms with E-state index in [4.69, 9.17) is 14.2 Å². The van der Waals surface area contributed by atoms with Gasteiger partial charge < -0.3 is 19.0 Å². The summed E-state index contributed by atoms with van der Waals surface area (Å²) in [6.45, 7) is 13.7. The maximum atomic E-state index is 14.9. The number of halogens is 3. The van der Waals surface area contributed by atoms with E-state index in [9.17, 15) is 32.3 Å². The molecule has 11 atom stereocenters. The lowest BCUT2D eigenvalue weighted by Crippen LogP contribution is -2.70. The van der Waals surface area contributed by atoms with E-state index in [1.54, 1.807) is 0 Å². The minimum absolute atomic E-state index is 0.0399. The third kappa shape index (κ3) is 5.25. The van der Waals surface area contributed by atoms with E-state index < -0.39 is 75.9 Å². The summed E-state index contributed by atoms with van der Waals surface area (Å²) in [5.74, 6) is -4.96. The summed E-state index contributed by atoms with van der Waals surface area (Å²) in [5.41, 5.74) is -5.41. The molecule has 266 valence electrons. The van der Waals surface area contributed by atoms with Gasteiger partial charge in [-0.2, -0.15) is 13.2 Å². The number of benzene rings is 1. The minimum Gasteiger partial charge on any atom is -0.462 e. The van der Waals surface area contributed by atoms with Crippen molar-refractivity contribution in [3.8, 4) is 0 Å². The van der Waals surface area contributed by atoms with Crippen molar-refractivity contribution in [2.24, 2.45) is 51.2 Å². The monoisotopic (exact) mass is 676 g/mol. The Hall–Kier alpha value is -2.75. The second-order valence-corrected chi connectivity index (χ2v) is 16.5. The maximum Gasteiger partial charge on any atom is 0.432 e. The normalized spacial score (nSPS) is 40.2. The number of carbonyl (C=O) groups is 4. The van der Waals surface area contributed by atoms with Gasteiger partial charge in [0.1, 0.15) is 24.3 Å². The van der Waals surface area contributed by atoms with Crippen LogP contribution < -0.4 is 0 Å². The van der Waals surface area contributed by atoms with Gasteiger partial charge in [0.2, 0.25) is 0 Å². The molecule has 4 aliphatic carbocycles. The summed E-state index contributed by atoms with van der Waals surface area (Å²) in [5, 5.41) is 0. The van der Waals surface area contributed by atoms with Crippen molar-refractivity contribution in [2.75, 3.05) is 7.11 Å². The van der Waals surface area contributed by atoms with E-state index >= 15 is 0 Å². The quantitative estimate of drug-likeness (QED) is 0.216. The Bertz CT molecular complexity index is 1430. The van der Waals surface area contributed by atoms with Crippen LogP contribution >= 0.6 is 0 Å². The molecule has 0 aromatic heterocycles. The van der Waals surface area contributed by atoms with Crippen molar-refractivity contribution in [3.05, 3.63) is 35.9 Å². The molecule has 5 rings (SSSR count). The summed E-state index contributed by atoms with van der Waals surface area (Å²) >= 11 is 0. The van der Waals surface area contributed by atoms with Gasteiger partial charge >= 0.3 is 18.1 Å². The number of alkyl halides is 3. The van der Waals surface area contributed by atoms with Crippen LogP contribution in [0.4, 0.5) is 13.2 Å². The van der Waals surface area contributed by atoms with Gasteiger partial charge in [-0.25, -0.2) is 4.79 Å². The third-order valence-electron chi connectivity index (χ3n) is 13.9. The smallest absolute Gasteiger partial charge is 0.432 e. The van der Waals surface area contributed by atoms with E-state index in [-0.39, 0.29) is 23.2 Å². The van der Waals surface area contributed by atoms with Crippen molar-refractivity contribution in [1.29, 1.82) is 0 Å². The number of hydrogen-bond acceptors (Lipinski definition) is 7. The molecule has 0 aliphatic heterocycles. The van der Waals surface area contributed by atoms with E-state index in [0.717, 1.165) is 51.3 Å². The summed E-state index contributed by atoms with van der Waals surface area (Å²) in [6.07, 6.45) is -1.17. The molecule has 4 aliphatic rings. The SMILES string of the molecule is CO[C@](C(=O)O[C@H]1C[C@H]2[C@]3(C)CC[C@H]4C(C)(C)CCC[C@]4(C)[C@H]3C[C@H](OC(C)=O)[C@]2(C)[C@@H](C=O)[C@@H]1C(C)=O)(c1ccccc1)C(F)(F)F. The zero-order valence-electron chi connectivity index (χ0n) is 29.4. The highest BCUT2D eigenvalue weighted by atomic mass is 19.4. The van der Waals surface area contributed by atoms with Crippen LogP contribution in [0.25, 0.3) is 0 Å². The Morgan fingerprint density at radius 1 is 0.854 bits per heavy atom. The van der Waals surface area contributed by atoms with Gasteiger partial charge in [0.15, 0.2) is 0 Å². The maximum absolute atomic E-state index is 14.9. The Kier molecular flexibility index (Phi) is 9.31. The van der Waals surface area contributed by atoms with Gasteiger partial charge in [0, 0.05) is 30.9 Å². The molecule has 1 aromatic rings. The Balaban J connectivity index is 1.65. The number of hydrogen-bond donors (Lipinski definition) is 0. The van der Waals surface area contributed by atoms with Crippen LogP contribution in [0.2, 0.25) is 0 Å². The first-order chi connectivity index (χ1) is 22.3. The van der Waals surface area contributed by atoms with E-state index in [2.05, 4.69) is 27.7 Å². The predicted molar refractivity (Wildman–Crippen MR) is 171 cm³/mol. The molecule has 48 heavy (non-hydrogen) atoms. The molecule has 1 aromatic carbocycles. The fourth-order valence-electron chi connectivity index (χ4n) is 11.9. The molecule has 10 heteroatoms. The van der Waals surface area contributed by atoms with Crippen molar-refractivity contribution >= 4 is 24.0 Å². The van der Waals surface area contributed by atoms with Gasteiger partial charge in [0.25, 0.3) is 5.60 Å². The van der Waals surface area contributed by atoms with E-state index in [1.165, 1.54) is 32.0 Å². The van der Waals surface area contributed by atoms with Crippen LogP contribution in [0.3, 0.4) is 0 Å². The third-order valence-corrected chi connectivity index (χ3v) is 13.9. The number of rotatable bonds is 7. The zero-order chi connectivity index (χ0) is 35.7. The van der Waals surface area contributed by atoms with Crippen LogP contribution in [0.5, 0.6) is 0 Å². The number of carbonyl (C=O) groups excluding carboxylic acids is 4. The number of methoxy groups -OCH3 is 1. The number of esters is 2. The lowest BCUT2D eigenvalue weighted by atomic mass is 9.34. The number of Topliss-reactive ketones (excluding diaryl/α,β-unsaturated/α-hetero) is 1. The number of ketones is 1. The molecule has 0 spiro atoms. The lowest BCUT2D eigenvalue weighted by molar-refractivity contribution is -0.286. The fourth-order valence-corrected chi connectivity index (χ4v) is 11.9. The van der Waals surface area contributed by atoms with Crippen molar-refractivity contribution in [1.82, 2.24) is 0 Å². The standard InChI is InChI=1S/C38H51F3O7/c1-22(43)31-25(21-42)36(7)29(19-26(31)48-32(45)37(46-8,38(39,40)41)24-13-10-9-11-14-24)35(6)18-15-27-33(3,4)16-12-17-34(27,5)28(35)20-30(36)47-23(2)44/h9-11,13-14,21,25-31H,12,15-20H2,1-8H3/t25-,26-,27-,28+,29-,30-,31-,34-,35+,36+,37-/m0/s1. The van der Waals surface area contributed by atoms with Crippen LogP contribution in [-0.2, 0) is 39.0 Å². The average molecular weight is 677 g/mol. The Morgan fingerprint density at radius 3 is 2.02 bits per heavy atom. The van der Waals surface area contributed by atoms with Gasteiger partial charge in [-0.3, -0.25) is 9.59 Å². The number of fused-ring (bicyclic) bond motifs is 5. The topological polar surface area (TPSA) is 96.0 Å². The minimum atomic E-state index is -5.21. The van der Waals surface area contributed by atoms with Gasteiger partial charge in [-0.15, -0.1) is 0 Å². The second-order valence-electron chi connectivity index (χ2n) is 16.5. The summed E-state index contributed by atoms with van der Waals surface area (Å²) in [6, 6.07) is 6.56.